The number of carboxylic acid groups (broad SMARTS) is 1. The Bertz CT molecular complexity index is 569. The Balaban J connectivity index is 2.20. The van der Waals surface area contributed by atoms with Gasteiger partial charge in [0.25, 0.3) is 0 Å². The van der Waals surface area contributed by atoms with Gasteiger partial charge in [-0.25, -0.2) is 4.79 Å². The van der Waals surface area contributed by atoms with Gasteiger partial charge >= 0.3 is 5.97 Å². The second kappa shape index (κ2) is 6.61. The van der Waals surface area contributed by atoms with Gasteiger partial charge < -0.3 is 15.2 Å². The van der Waals surface area contributed by atoms with Crippen molar-refractivity contribution in [2.24, 2.45) is 0 Å². The molecule has 0 saturated carbocycles. The monoisotopic (exact) mass is 271 g/mol. The van der Waals surface area contributed by atoms with Crippen molar-refractivity contribution in [3.05, 3.63) is 54.6 Å². The van der Waals surface area contributed by atoms with E-state index in [9.17, 15) is 4.79 Å². The smallest absolute Gasteiger partial charge is 0.344 e. The van der Waals surface area contributed by atoms with Gasteiger partial charge in [-0.2, -0.15) is 0 Å². The lowest BCUT2D eigenvalue weighted by atomic mass is 10.2. The summed E-state index contributed by atoms with van der Waals surface area (Å²) in [7, 11) is 0. The molecule has 0 bridgehead atoms. The lowest BCUT2D eigenvalue weighted by Gasteiger charge is -2.17. The highest BCUT2D eigenvalue weighted by Gasteiger charge is 2.18. The van der Waals surface area contributed by atoms with Crippen LogP contribution in [0.15, 0.2) is 54.6 Å². The largest absolute Gasteiger partial charge is 0.479 e. The maximum absolute atomic E-state index is 11.1. The molecule has 0 radical (unpaired) electrons. The molecular formula is C16H17NO3. The Morgan fingerprint density at radius 3 is 2.45 bits per heavy atom. The molecule has 2 aromatic rings. The number of carboxylic acids is 1. The number of ether oxygens (including phenoxy) is 1. The maximum atomic E-state index is 11.1. The molecule has 4 nitrogen and oxygen atoms in total. The zero-order valence-corrected chi connectivity index (χ0v) is 11.2. The average molecular weight is 271 g/mol. The van der Waals surface area contributed by atoms with Gasteiger partial charge in [-0.05, 0) is 30.7 Å². The fourth-order valence-corrected chi connectivity index (χ4v) is 1.81. The van der Waals surface area contributed by atoms with Crippen molar-refractivity contribution >= 4 is 17.3 Å². The zero-order valence-electron chi connectivity index (χ0n) is 11.2. The van der Waals surface area contributed by atoms with E-state index in [-0.39, 0.29) is 0 Å². The van der Waals surface area contributed by atoms with Crippen LogP contribution in [0, 0.1) is 0 Å². The lowest BCUT2D eigenvalue weighted by Crippen LogP contribution is -2.26. The number of hydrogen-bond donors (Lipinski definition) is 2. The predicted octanol–water partition coefficient (Wildman–Crippen LogP) is 3.67. The SMILES string of the molecule is CCC(Oc1ccccc1Nc1ccccc1)C(=O)O. The van der Waals surface area contributed by atoms with Crippen LogP contribution < -0.4 is 10.1 Å². The van der Waals surface area contributed by atoms with Crippen LogP contribution in [0.25, 0.3) is 0 Å². The molecule has 20 heavy (non-hydrogen) atoms. The van der Waals surface area contributed by atoms with Crippen LogP contribution in [-0.4, -0.2) is 17.2 Å². The van der Waals surface area contributed by atoms with Crippen molar-refractivity contribution in [3.63, 3.8) is 0 Å². The third kappa shape index (κ3) is 3.51. The molecule has 0 amide bonds. The third-order valence-corrected chi connectivity index (χ3v) is 2.86. The molecule has 0 heterocycles. The average Bonchev–Trinajstić information content (AvgIpc) is 2.47. The van der Waals surface area contributed by atoms with E-state index in [1.807, 2.05) is 48.5 Å². The van der Waals surface area contributed by atoms with Gasteiger partial charge in [0.1, 0.15) is 5.75 Å². The fraction of sp³-hybridized carbons (Fsp3) is 0.188. The summed E-state index contributed by atoms with van der Waals surface area (Å²) in [5, 5.41) is 12.3. The summed E-state index contributed by atoms with van der Waals surface area (Å²) >= 11 is 0. The standard InChI is InChI=1S/C16H17NO3/c1-2-14(16(18)19)20-15-11-7-6-10-13(15)17-12-8-4-3-5-9-12/h3-11,14,17H,2H2,1H3,(H,18,19). The van der Waals surface area contributed by atoms with E-state index >= 15 is 0 Å². The Hall–Kier alpha value is -2.49. The summed E-state index contributed by atoms with van der Waals surface area (Å²) in [5.74, 6) is -0.424. The van der Waals surface area contributed by atoms with E-state index in [1.54, 1.807) is 13.0 Å². The summed E-state index contributed by atoms with van der Waals surface area (Å²) in [6.45, 7) is 1.78. The molecule has 1 unspecified atom stereocenters. The summed E-state index contributed by atoms with van der Waals surface area (Å²) in [6, 6.07) is 17.0. The Morgan fingerprint density at radius 2 is 1.80 bits per heavy atom. The number of aliphatic carboxylic acids is 1. The molecule has 2 N–H and O–H groups in total. The molecule has 2 rings (SSSR count). The molecule has 0 spiro atoms. The Kier molecular flexibility index (Phi) is 4.60. The molecule has 1 atom stereocenters. The molecule has 0 aliphatic heterocycles. The van der Waals surface area contributed by atoms with E-state index in [0.29, 0.717) is 12.2 Å². The van der Waals surface area contributed by atoms with Crippen molar-refractivity contribution in [2.45, 2.75) is 19.4 Å². The highest BCUT2D eigenvalue weighted by atomic mass is 16.5. The highest BCUT2D eigenvalue weighted by Crippen LogP contribution is 2.28. The molecule has 104 valence electrons. The van der Waals surface area contributed by atoms with Crippen molar-refractivity contribution in [2.75, 3.05) is 5.32 Å². The van der Waals surface area contributed by atoms with Crippen molar-refractivity contribution < 1.29 is 14.6 Å². The molecule has 0 saturated heterocycles. The molecule has 4 heteroatoms. The lowest BCUT2D eigenvalue weighted by molar-refractivity contribution is -0.145. The third-order valence-electron chi connectivity index (χ3n) is 2.86. The minimum Gasteiger partial charge on any atom is -0.479 e. The van der Waals surface area contributed by atoms with Gasteiger partial charge in [0.2, 0.25) is 0 Å². The predicted molar refractivity (Wildman–Crippen MR) is 78.5 cm³/mol. The summed E-state index contributed by atoms with van der Waals surface area (Å²) < 4.78 is 5.57. The fourth-order valence-electron chi connectivity index (χ4n) is 1.81. The van der Waals surface area contributed by atoms with Crippen molar-refractivity contribution in [1.29, 1.82) is 0 Å². The van der Waals surface area contributed by atoms with Gasteiger partial charge in [-0.1, -0.05) is 37.3 Å². The van der Waals surface area contributed by atoms with Crippen LogP contribution in [0.5, 0.6) is 5.75 Å². The van der Waals surface area contributed by atoms with Crippen LogP contribution in [-0.2, 0) is 4.79 Å². The highest BCUT2D eigenvalue weighted by molar-refractivity contribution is 5.73. The minimum atomic E-state index is -0.956. The first kappa shape index (κ1) is 13.9. The Morgan fingerprint density at radius 1 is 1.15 bits per heavy atom. The first-order chi connectivity index (χ1) is 9.70. The van der Waals surface area contributed by atoms with E-state index in [4.69, 9.17) is 9.84 Å². The van der Waals surface area contributed by atoms with Crippen LogP contribution in [0.2, 0.25) is 0 Å². The maximum Gasteiger partial charge on any atom is 0.344 e. The van der Waals surface area contributed by atoms with Gasteiger partial charge in [-0.3, -0.25) is 0 Å². The topological polar surface area (TPSA) is 58.6 Å². The second-order valence-electron chi connectivity index (χ2n) is 4.34. The quantitative estimate of drug-likeness (QED) is 0.841. The molecule has 0 fully saturated rings. The number of anilines is 2. The van der Waals surface area contributed by atoms with Crippen molar-refractivity contribution in [3.8, 4) is 5.75 Å². The molecule has 2 aromatic carbocycles. The van der Waals surface area contributed by atoms with E-state index in [1.165, 1.54) is 0 Å². The second-order valence-corrected chi connectivity index (χ2v) is 4.34. The van der Waals surface area contributed by atoms with Gasteiger partial charge in [0, 0.05) is 5.69 Å². The minimum absolute atomic E-state index is 0.412. The first-order valence-corrected chi connectivity index (χ1v) is 6.51. The Labute approximate surface area is 118 Å². The number of nitrogens with one attached hydrogen (secondary N) is 1. The summed E-state index contributed by atoms with van der Waals surface area (Å²) in [4.78, 5) is 11.1. The molecule has 0 aliphatic rings. The van der Waals surface area contributed by atoms with Gasteiger partial charge in [0.05, 0.1) is 5.69 Å². The molecular weight excluding hydrogens is 254 g/mol. The van der Waals surface area contributed by atoms with E-state index in [2.05, 4.69) is 5.32 Å². The summed E-state index contributed by atoms with van der Waals surface area (Å²) in [6.07, 6.45) is -0.427. The van der Waals surface area contributed by atoms with Crippen LogP contribution in [0.1, 0.15) is 13.3 Å². The normalized spacial score (nSPS) is 11.7. The number of rotatable bonds is 6. The van der Waals surface area contributed by atoms with Crippen LogP contribution >= 0.6 is 0 Å². The number of hydrogen-bond acceptors (Lipinski definition) is 3. The van der Waals surface area contributed by atoms with E-state index in [0.717, 1.165) is 11.4 Å². The van der Waals surface area contributed by atoms with Gasteiger partial charge in [0.15, 0.2) is 6.10 Å². The zero-order chi connectivity index (χ0) is 14.4. The van der Waals surface area contributed by atoms with Gasteiger partial charge in [-0.15, -0.1) is 0 Å². The number of para-hydroxylation sites is 3. The van der Waals surface area contributed by atoms with Crippen LogP contribution in [0.3, 0.4) is 0 Å². The molecule has 0 aliphatic carbocycles. The first-order valence-electron chi connectivity index (χ1n) is 6.51. The van der Waals surface area contributed by atoms with Crippen molar-refractivity contribution in [1.82, 2.24) is 0 Å². The number of carbonyl (C=O) groups is 1. The molecule has 0 aromatic heterocycles. The van der Waals surface area contributed by atoms with Crippen LogP contribution in [0.4, 0.5) is 11.4 Å². The number of benzene rings is 2. The van der Waals surface area contributed by atoms with E-state index < -0.39 is 12.1 Å². The summed E-state index contributed by atoms with van der Waals surface area (Å²) in [5.41, 5.74) is 1.67.